The van der Waals surface area contributed by atoms with E-state index in [0.29, 0.717) is 24.5 Å². The molecule has 2 fully saturated rings. The standard InChI is InChI=1S/C19H26N4O2/c1-18-9-19(2)12-22(10-18)7-16(24)20-14-5-3-4-6-15(14)21-17(25)8-23(11-18)13-19/h3-6H,7-13H2,1-2H3,(H,20,24)(H,21,25). The molecule has 6 nitrogen and oxygen atoms in total. The van der Waals surface area contributed by atoms with Crippen molar-refractivity contribution in [2.75, 3.05) is 49.9 Å². The second-order valence-corrected chi connectivity index (χ2v) is 8.73. The predicted molar refractivity (Wildman–Crippen MR) is 97.4 cm³/mol. The lowest BCUT2D eigenvalue weighted by Gasteiger charge is -2.56. The van der Waals surface area contributed by atoms with Crippen LogP contribution < -0.4 is 10.6 Å². The second-order valence-electron chi connectivity index (χ2n) is 8.73. The van der Waals surface area contributed by atoms with Crippen molar-refractivity contribution in [3.05, 3.63) is 24.3 Å². The maximum atomic E-state index is 12.6. The van der Waals surface area contributed by atoms with E-state index in [-0.39, 0.29) is 22.6 Å². The molecule has 2 N–H and O–H groups in total. The molecule has 0 aliphatic carbocycles. The smallest absolute Gasteiger partial charge is 0.238 e. The number of benzene rings is 1. The van der Waals surface area contributed by atoms with Gasteiger partial charge in [-0.05, 0) is 29.4 Å². The van der Waals surface area contributed by atoms with Crippen molar-refractivity contribution in [1.29, 1.82) is 0 Å². The summed E-state index contributed by atoms with van der Waals surface area (Å²) in [6, 6.07) is 7.38. The minimum absolute atomic E-state index is 0.0232. The predicted octanol–water partition coefficient (Wildman–Crippen LogP) is 1.61. The number of hydrogen-bond acceptors (Lipinski definition) is 4. The number of anilines is 2. The van der Waals surface area contributed by atoms with Crippen LogP contribution in [0.4, 0.5) is 11.4 Å². The number of para-hydroxylation sites is 2. The third-order valence-corrected chi connectivity index (χ3v) is 5.48. The molecule has 4 aliphatic rings. The molecule has 0 radical (unpaired) electrons. The van der Waals surface area contributed by atoms with Crippen molar-refractivity contribution in [1.82, 2.24) is 9.80 Å². The first-order valence-corrected chi connectivity index (χ1v) is 8.96. The van der Waals surface area contributed by atoms with Crippen LogP contribution in [0.2, 0.25) is 0 Å². The topological polar surface area (TPSA) is 64.7 Å². The largest absolute Gasteiger partial charge is 0.323 e. The molecular weight excluding hydrogens is 316 g/mol. The second kappa shape index (κ2) is 5.81. The molecule has 1 aromatic carbocycles. The zero-order valence-electron chi connectivity index (χ0n) is 15.0. The Morgan fingerprint density at radius 2 is 1.20 bits per heavy atom. The first-order valence-electron chi connectivity index (χ1n) is 8.96. The maximum Gasteiger partial charge on any atom is 0.238 e. The van der Waals surface area contributed by atoms with Crippen LogP contribution in [-0.2, 0) is 9.59 Å². The van der Waals surface area contributed by atoms with E-state index in [2.05, 4.69) is 34.3 Å². The number of carbonyl (C=O) groups excluding carboxylic acids is 2. The minimum atomic E-state index is -0.0232. The molecule has 4 bridgehead atoms. The summed E-state index contributed by atoms with van der Waals surface area (Å²) in [5.74, 6) is -0.0463. The Morgan fingerprint density at radius 1 is 0.800 bits per heavy atom. The molecule has 134 valence electrons. The molecule has 0 saturated carbocycles. The average Bonchev–Trinajstić information content (AvgIpc) is 2.45. The van der Waals surface area contributed by atoms with Gasteiger partial charge in [0.15, 0.2) is 0 Å². The monoisotopic (exact) mass is 342 g/mol. The zero-order chi connectivity index (χ0) is 17.7. The van der Waals surface area contributed by atoms with Crippen molar-refractivity contribution in [3.8, 4) is 0 Å². The van der Waals surface area contributed by atoms with Gasteiger partial charge in [0.1, 0.15) is 0 Å². The summed E-state index contributed by atoms with van der Waals surface area (Å²) < 4.78 is 0. The fraction of sp³-hybridized carbons (Fsp3) is 0.579. The number of carbonyl (C=O) groups is 2. The van der Waals surface area contributed by atoms with Gasteiger partial charge in [-0.2, -0.15) is 0 Å². The molecule has 4 aliphatic heterocycles. The highest BCUT2D eigenvalue weighted by atomic mass is 16.2. The Labute approximate surface area is 148 Å². The van der Waals surface area contributed by atoms with Crippen LogP contribution in [0.3, 0.4) is 0 Å². The first-order chi connectivity index (χ1) is 11.8. The van der Waals surface area contributed by atoms with Crippen molar-refractivity contribution < 1.29 is 9.59 Å². The van der Waals surface area contributed by atoms with E-state index in [1.165, 1.54) is 0 Å². The molecule has 5 rings (SSSR count). The average molecular weight is 342 g/mol. The lowest BCUT2D eigenvalue weighted by atomic mass is 9.65. The molecule has 6 heteroatoms. The van der Waals surface area contributed by atoms with Crippen LogP contribution in [0.15, 0.2) is 24.3 Å². The van der Waals surface area contributed by atoms with Crippen LogP contribution in [0.25, 0.3) is 0 Å². The number of rotatable bonds is 0. The van der Waals surface area contributed by atoms with Crippen LogP contribution >= 0.6 is 0 Å². The van der Waals surface area contributed by atoms with Crippen LogP contribution in [0, 0.1) is 10.8 Å². The maximum absolute atomic E-state index is 12.6. The molecule has 2 saturated heterocycles. The number of amides is 2. The Bertz CT molecular complexity index is 646. The summed E-state index contributed by atoms with van der Waals surface area (Å²) in [5, 5.41) is 5.93. The van der Waals surface area contributed by atoms with Gasteiger partial charge in [0.05, 0.1) is 24.5 Å². The number of fused-ring (bicyclic) bond motifs is 4. The first kappa shape index (κ1) is 16.5. The van der Waals surface area contributed by atoms with Gasteiger partial charge < -0.3 is 10.6 Å². The minimum Gasteiger partial charge on any atom is -0.323 e. The number of nitrogens with one attached hydrogen (secondary N) is 2. The SMILES string of the molecule is CC12CN3CC(=O)Nc4ccccc4NC(=O)CN(C1)CC(C)(C3)C2. The number of nitrogens with zero attached hydrogens (tertiary/aromatic N) is 2. The normalized spacial score (nSPS) is 38.0. The lowest BCUT2D eigenvalue weighted by Crippen LogP contribution is -2.63. The highest BCUT2D eigenvalue weighted by Crippen LogP contribution is 2.45. The van der Waals surface area contributed by atoms with Crippen molar-refractivity contribution in [2.45, 2.75) is 20.3 Å². The fourth-order valence-corrected chi connectivity index (χ4v) is 5.34. The third-order valence-electron chi connectivity index (χ3n) is 5.48. The summed E-state index contributed by atoms with van der Waals surface area (Å²) in [7, 11) is 0. The van der Waals surface area contributed by atoms with E-state index in [0.717, 1.165) is 32.6 Å². The van der Waals surface area contributed by atoms with Gasteiger partial charge in [-0.1, -0.05) is 26.0 Å². The third kappa shape index (κ3) is 3.41. The van der Waals surface area contributed by atoms with Crippen LogP contribution in [-0.4, -0.2) is 60.9 Å². The zero-order valence-corrected chi connectivity index (χ0v) is 15.0. The van der Waals surface area contributed by atoms with Gasteiger partial charge in [-0.3, -0.25) is 19.4 Å². The summed E-state index contributed by atoms with van der Waals surface area (Å²) in [6.07, 6.45) is 1.15. The Hall–Kier alpha value is -1.92. The van der Waals surface area contributed by atoms with Gasteiger partial charge in [0.25, 0.3) is 0 Å². The summed E-state index contributed by atoms with van der Waals surface area (Å²) in [6.45, 7) is 8.96. The number of piperidine rings is 2. The van der Waals surface area contributed by atoms with E-state index in [1.54, 1.807) is 0 Å². The molecule has 0 aromatic heterocycles. The molecular formula is C19H26N4O2. The summed E-state index contributed by atoms with van der Waals surface area (Å²) in [4.78, 5) is 29.7. The molecule has 0 unspecified atom stereocenters. The Kier molecular flexibility index (Phi) is 3.85. The van der Waals surface area contributed by atoms with E-state index < -0.39 is 0 Å². The number of hydrogen-bond donors (Lipinski definition) is 2. The molecule has 25 heavy (non-hydrogen) atoms. The molecule has 1 aromatic rings. The van der Waals surface area contributed by atoms with E-state index in [1.807, 2.05) is 24.3 Å². The van der Waals surface area contributed by atoms with Crippen molar-refractivity contribution in [3.63, 3.8) is 0 Å². The highest BCUT2D eigenvalue weighted by molar-refractivity contribution is 6.00. The van der Waals surface area contributed by atoms with Crippen LogP contribution in [0.1, 0.15) is 20.3 Å². The van der Waals surface area contributed by atoms with Gasteiger partial charge in [-0.25, -0.2) is 0 Å². The van der Waals surface area contributed by atoms with E-state index in [9.17, 15) is 9.59 Å². The van der Waals surface area contributed by atoms with E-state index >= 15 is 0 Å². The van der Waals surface area contributed by atoms with Gasteiger partial charge in [0, 0.05) is 26.2 Å². The summed E-state index contributed by atoms with van der Waals surface area (Å²) >= 11 is 0. The summed E-state index contributed by atoms with van der Waals surface area (Å²) in [5.41, 5.74) is 1.56. The van der Waals surface area contributed by atoms with Crippen molar-refractivity contribution in [2.24, 2.45) is 10.8 Å². The van der Waals surface area contributed by atoms with Gasteiger partial charge in [-0.15, -0.1) is 0 Å². The quantitative estimate of drug-likeness (QED) is 0.752. The lowest BCUT2D eigenvalue weighted by molar-refractivity contribution is -0.124. The van der Waals surface area contributed by atoms with Gasteiger partial charge >= 0.3 is 0 Å². The van der Waals surface area contributed by atoms with E-state index in [4.69, 9.17) is 0 Å². The highest BCUT2D eigenvalue weighted by Gasteiger charge is 2.48. The molecule has 0 atom stereocenters. The van der Waals surface area contributed by atoms with Crippen LogP contribution in [0.5, 0.6) is 0 Å². The van der Waals surface area contributed by atoms with Crippen molar-refractivity contribution >= 4 is 23.2 Å². The van der Waals surface area contributed by atoms with Gasteiger partial charge in [0.2, 0.25) is 11.8 Å². The fourth-order valence-electron chi connectivity index (χ4n) is 5.34. The molecule has 0 spiro atoms. The molecule has 2 amide bonds. The molecule has 4 heterocycles. The Morgan fingerprint density at radius 3 is 1.60 bits per heavy atom. The Balaban J connectivity index is 1.68.